The third-order valence-corrected chi connectivity index (χ3v) is 7.59. The molecule has 232 valence electrons. The van der Waals surface area contributed by atoms with Gasteiger partial charge in [0.1, 0.15) is 0 Å². The van der Waals surface area contributed by atoms with Crippen molar-refractivity contribution in [1.82, 2.24) is 0 Å². The Kier molecular flexibility index (Phi) is 36.8. The van der Waals surface area contributed by atoms with Gasteiger partial charge in [-0.05, 0) is 38.5 Å². The Morgan fingerprint density at radius 3 is 0.872 bits per heavy atom. The van der Waals surface area contributed by atoms with Gasteiger partial charge >= 0.3 is 0 Å². The van der Waals surface area contributed by atoms with Crippen LogP contribution in [0.4, 0.5) is 0 Å². The maximum Gasteiger partial charge on any atom is 0.162 e. The molecule has 0 aliphatic carbocycles. The SMILES string of the molecule is CCCCCCCCC(O)(O)CCCCCCCOCCCCCCCC(O)(O)CCCCCCCC.[Ti].[Ti]. The zero-order chi connectivity index (χ0) is 27.5. The van der Waals surface area contributed by atoms with Crippen LogP contribution in [-0.4, -0.2) is 45.2 Å². The van der Waals surface area contributed by atoms with Gasteiger partial charge in [0.05, 0.1) is 0 Å². The first-order valence-corrected chi connectivity index (χ1v) is 16.3. The van der Waals surface area contributed by atoms with Crippen LogP contribution < -0.4 is 0 Å². The number of hydrogen-bond donors (Lipinski definition) is 4. The Balaban J connectivity index is -0.00000648. The molecule has 0 aliphatic rings. The molecular weight excluding hydrogens is 560 g/mol. The van der Waals surface area contributed by atoms with Gasteiger partial charge in [0, 0.05) is 82.3 Å². The number of aliphatic hydroxyl groups is 4. The van der Waals surface area contributed by atoms with Gasteiger partial charge in [-0.1, -0.05) is 117 Å². The van der Waals surface area contributed by atoms with Gasteiger partial charge in [-0.15, -0.1) is 0 Å². The molecule has 0 aromatic heterocycles. The van der Waals surface area contributed by atoms with E-state index in [0.29, 0.717) is 25.7 Å². The summed E-state index contributed by atoms with van der Waals surface area (Å²) in [6.45, 7) is 6.06. The van der Waals surface area contributed by atoms with E-state index in [4.69, 9.17) is 4.74 Å². The molecule has 0 aromatic rings. The van der Waals surface area contributed by atoms with Crippen LogP contribution in [0.1, 0.15) is 181 Å². The van der Waals surface area contributed by atoms with Crippen molar-refractivity contribution in [3.05, 3.63) is 0 Å². The molecule has 0 saturated carbocycles. The summed E-state index contributed by atoms with van der Waals surface area (Å²) in [5.41, 5.74) is 0. The second-order valence-corrected chi connectivity index (χ2v) is 11.6. The summed E-state index contributed by atoms with van der Waals surface area (Å²) >= 11 is 0. The Labute approximate surface area is 272 Å². The predicted molar refractivity (Wildman–Crippen MR) is 157 cm³/mol. The Morgan fingerprint density at radius 2 is 0.590 bits per heavy atom. The van der Waals surface area contributed by atoms with Crippen LogP contribution >= 0.6 is 0 Å². The predicted octanol–water partition coefficient (Wildman–Crippen LogP) is 8.54. The summed E-state index contributed by atoms with van der Waals surface area (Å²) in [5, 5.41) is 40.5. The first-order chi connectivity index (χ1) is 17.8. The number of hydrogen-bond acceptors (Lipinski definition) is 5. The van der Waals surface area contributed by atoms with E-state index in [-0.39, 0.29) is 43.4 Å². The second kappa shape index (κ2) is 32.1. The number of ether oxygens (including phenoxy) is 1. The van der Waals surface area contributed by atoms with Crippen molar-refractivity contribution in [3.63, 3.8) is 0 Å². The maximum atomic E-state index is 10.1. The molecule has 0 spiro atoms. The Morgan fingerprint density at radius 1 is 0.359 bits per heavy atom. The van der Waals surface area contributed by atoms with Crippen LogP contribution in [0.3, 0.4) is 0 Å². The van der Waals surface area contributed by atoms with Crippen molar-refractivity contribution in [2.24, 2.45) is 0 Å². The molecule has 0 fully saturated rings. The fraction of sp³-hybridized carbons (Fsp3) is 1.00. The van der Waals surface area contributed by atoms with E-state index in [0.717, 1.165) is 103 Å². The van der Waals surface area contributed by atoms with Crippen LogP contribution in [0.15, 0.2) is 0 Å². The molecule has 0 bridgehead atoms. The molecule has 0 radical (unpaired) electrons. The van der Waals surface area contributed by atoms with Gasteiger partial charge in [0.2, 0.25) is 0 Å². The van der Waals surface area contributed by atoms with Crippen molar-refractivity contribution in [2.75, 3.05) is 13.2 Å². The van der Waals surface area contributed by atoms with E-state index in [1.54, 1.807) is 0 Å². The Bertz CT molecular complexity index is 424. The van der Waals surface area contributed by atoms with Gasteiger partial charge in [-0.25, -0.2) is 0 Å². The van der Waals surface area contributed by atoms with E-state index in [1.807, 2.05) is 0 Å². The van der Waals surface area contributed by atoms with Crippen molar-refractivity contribution < 1.29 is 68.6 Å². The summed E-state index contributed by atoms with van der Waals surface area (Å²) in [4.78, 5) is 0. The third-order valence-electron chi connectivity index (χ3n) is 7.59. The molecule has 39 heavy (non-hydrogen) atoms. The zero-order valence-electron chi connectivity index (χ0n) is 26.0. The largest absolute Gasteiger partial charge is 0.381 e. The van der Waals surface area contributed by atoms with E-state index < -0.39 is 11.6 Å². The molecule has 0 atom stereocenters. The first-order valence-electron chi connectivity index (χ1n) is 16.3. The van der Waals surface area contributed by atoms with Crippen molar-refractivity contribution in [1.29, 1.82) is 0 Å². The van der Waals surface area contributed by atoms with Gasteiger partial charge in [0.15, 0.2) is 11.6 Å². The molecule has 0 aromatic carbocycles. The van der Waals surface area contributed by atoms with E-state index in [1.165, 1.54) is 51.4 Å². The minimum Gasteiger partial charge on any atom is -0.381 e. The second-order valence-electron chi connectivity index (χ2n) is 11.6. The third kappa shape index (κ3) is 35.3. The fourth-order valence-electron chi connectivity index (χ4n) is 5.01. The van der Waals surface area contributed by atoms with Gasteiger partial charge in [-0.3, -0.25) is 0 Å². The van der Waals surface area contributed by atoms with E-state index in [2.05, 4.69) is 13.8 Å². The van der Waals surface area contributed by atoms with E-state index >= 15 is 0 Å². The standard InChI is InChI=1S/C32H66O5.2Ti/c1-3-5-7-9-13-19-25-31(33,34)27-21-15-11-17-23-29-37-30-24-18-12-16-22-28-32(35,36)26-20-14-10-8-6-4-2;;/h33-36H,3-30H2,1-2H3;;. The van der Waals surface area contributed by atoms with Gasteiger partial charge in [0.25, 0.3) is 0 Å². The van der Waals surface area contributed by atoms with Crippen molar-refractivity contribution >= 4 is 0 Å². The summed E-state index contributed by atoms with van der Waals surface area (Å²) < 4.78 is 5.75. The molecule has 0 rings (SSSR count). The quantitative estimate of drug-likeness (QED) is 0.0365. The number of rotatable bonds is 30. The van der Waals surface area contributed by atoms with Crippen LogP contribution in [0.5, 0.6) is 0 Å². The van der Waals surface area contributed by atoms with Crippen LogP contribution in [0.25, 0.3) is 0 Å². The van der Waals surface area contributed by atoms with E-state index in [9.17, 15) is 20.4 Å². The smallest absolute Gasteiger partial charge is 0.162 e. The molecule has 4 N–H and O–H groups in total. The molecule has 5 nitrogen and oxygen atoms in total. The van der Waals surface area contributed by atoms with Crippen molar-refractivity contribution in [2.45, 2.75) is 192 Å². The van der Waals surface area contributed by atoms with Gasteiger partial charge in [-0.2, -0.15) is 0 Å². The van der Waals surface area contributed by atoms with Crippen LogP contribution in [0.2, 0.25) is 0 Å². The van der Waals surface area contributed by atoms with Gasteiger partial charge < -0.3 is 25.2 Å². The maximum absolute atomic E-state index is 10.1. The molecule has 7 heteroatoms. The molecule has 0 unspecified atom stereocenters. The summed E-state index contributed by atoms with van der Waals surface area (Å²) in [5.74, 6) is -2.94. The zero-order valence-corrected chi connectivity index (χ0v) is 29.1. The Hall–Kier alpha value is 1.23. The average Bonchev–Trinajstić information content (AvgIpc) is 2.85. The van der Waals surface area contributed by atoms with Crippen LogP contribution in [0, 0.1) is 0 Å². The number of unbranched alkanes of at least 4 members (excludes halogenated alkanes) is 18. The summed E-state index contributed by atoms with van der Waals surface area (Å²) in [6, 6.07) is 0. The molecular formula is C32H66O5Ti2. The normalized spacial score (nSPS) is 11.8. The minimum absolute atomic E-state index is 0. The molecule has 0 aliphatic heterocycles. The minimum atomic E-state index is -1.47. The van der Waals surface area contributed by atoms with Crippen molar-refractivity contribution in [3.8, 4) is 0 Å². The molecule has 0 amide bonds. The summed E-state index contributed by atoms with van der Waals surface area (Å²) in [7, 11) is 0. The monoisotopic (exact) mass is 626 g/mol. The van der Waals surface area contributed by atoms with Crippen LogP contribution in [-0.2, 0) is 48.2 Å². The topological polar surface area (TPSA) is 90.2 Å². The molecule has 0 saturated heterocycles. The average molecular weight is 627 g/mol. The fourth-order valence-corrected chi connectivity index (χ4v) is 5.01. The first kappa shape index (κ1) is 44.7. The molecule has 0 heterocycles. The summed E-state index contributed by atoms with van der Waals surface area (Å²) in [6.07, 6.45) is 26.7.